The lowest BCUT2D eigenvalue weighted by Gasteiger charge is -2.07. The SMILES string of the molecule is CC(N)c1ccc(-c2ccc(Cl)cc2)cc1. The molecule has 0 saturated heterocycles. The van der Waals surface area contributed by atoms with Gasteiger partial charge in [0.2, 0.25) is 0 Å². The molecule has 1 nitrogen and oxygen atoms in total. The van der Waals surface area contributed by atoms with Crippen LogP contribution in [0.2, 0.25) is 5.02 Å². The van der Waals surface area contributed by atoms with E-state index in [1.54, 1.807) is 0 Å². The van der Waals surface area contributed by atoms with Gasteiger partial charge in [-0.05, 0) is 35.7 Å². The van der Waals surface area contributed by atoms with E-state index < -0.39 is 0 Å². The lowest BCUT2D eigenvalue weighted by Crippen LogP contribution is -2.04. The predicted molar refractivity (Wildman–Crippen MR) is 69.5 cm³/mol. The maximum atomic E-state index is 5.85. The van der Waals surface area contributed by atoms with E-state index in [0.717, 1.165) is 10.6 Å². The molecule has 2 N–H and O–H groups in total. The molecule has 0 heterocycles. The first-order chi connectivity index (χ1) is 7.66. The smallest absolute Gasteiger partial charge is 0.0406 e. The van der Waals surface area contributed by atoms with Crippen LogP contribution in [-0.2, 0) is 0 Å². The van der Waals surface area contributed by atoms with Gasteiger partial charge in [0.15, 0.2) is 0 Å². The molecular weight excluding hydrogens is 218 g/mol. The summed E-state index contributed by atoms with van der Waals surface area (Å²) in [5.74, 6) is 0. The van der Waals surface area contributed by atoms with Crippen molar-refractivity contribution >= 4 is 11.6 Å². The summed E-state index contributed by atoms with van der Waals surface area (Å²) in [6.07, 6.45) is 0. The molecule has 0 amide bonds. The molecule has 2 rings (SSSR count). The summed E-state index contributed by atoms with van der Waals surface area (Å²) in [4.78, 5) is 0. The highest BCUT2D eigenvalue weighted by molar-refractivity contribution is 6.30. The zero-order valence-electron chi connectivity index (χ0n) is 9.15. The number of benzene rings is 2. The van der Waals surface area contributed by atoms with Gasteiger partial charge in [-0.1, -0.05) is 48.0 Å². The fourth-order valence-electron chi connectivity index (χ4n) is 1.62. The normalized spacial score (nSPS) is 12.4. The maximum absolute atomic E-state index is 5.85. The monoisotopic (exact) mass is 231 g/mol. The van der Waals surface area contributed by atoms with E-state index in [4.69, 9.17) is 17.3 Å². The van der Waals surface area contributed by atoms with Gasteiger partial charge in [0.25, 0.3) is 0 Å². The first-order valence-corrected chi connectivity index (χ1v) is 5.66. The Balaban J connectivity index is 2.31. The molecule has 16 heavy (non-hydrogen) atoms. The summed E-state index contributed by atoms with van der Waals surface area (Å²) in [7, 11) is 0. The van der Waals surface area contributed by atoms with Crippen LogP contribution in [-0.4, -0.2) is 0 Å². The standard InChI is InChI=1S/C14H14ClN/c1-10(16)11-2-4-12(5-3-11)13-6-8-14(15)9-7-13/h2-10H,16H2,1H3. The van der Waals surface area contributed by atoms with Crippen LogP contribution in [0.5, 0.6) is 0 Å². The molecule has 2 aromatic carbocycles. The summed E-state index contributed by atoms with van der Waals surface area (Å²) < 4.78 is 0. The van der Waals surface area contributed by atoms with Gasteiger partial charge < -0.3 is 5.73 Å². The first-order valence-electron chi connectivity index (χ1n) is 5.28. The summed E-state index contributed by atoms with van der Waals surface area (Å²) in [6.45, 7) is 1.98. The molecule has 0 aliphatic heterocycles. The second-order valence-corrected chi connectivity index (χ2v) is 4.35. The molecule has 0 aliphatic rings. The van der Waals surface area contributed by atoms with Crippen LogP contribution in [0.1, 0.15) is 18.5 Å². The molecule has 0 radical (unpaired) electrons. The van der Waals surface area contributed by atoms with Crippen molar-refractivity contribution in [2.45, 2.75) is 13.0 Å². The average molecular weight is 232 g/mol. The minimum atomic E-state index is 0.0827. The fourth-order valence-corrected chi connectivity index (χ4v) is 1.75. The summed E-state index contributed by atoms with van der Waals surface area (Å²) in [6, 6.07) is 16.2. The van der Waals surface area contributed by atoms with Crippen molar-refractivity contribution in [1.82, 2.24) is 0 Å². The number of hydrogen-bond donors (Lipinski definition) is 1. The fraction of sp³-hybridized carbons (Fsp3) is 0.143. The van der Waals surface area contributed by atoms with Crippen LogP contribution in [0, 0.1) is 0 Å². The van der Waals surface area contributed by atoms with E-state index in [1.807, 2.05) is 31.2 Å². The molecule has 0 saturated carbocycles. The predicted octanol–water partition coefficient (Wildman–Crippen LogP) is 4.03. The molecule has 0 bridgehead atoms. The second kappa shape index (κ2) is 4.69. The molecule has 0 aliphatic carbocycles. The Morgan fingerprint density at radius 2 is 1.31 bits per heavy atom. The summed E-state index contributed by atoms with van der Waals surface area (Å²) in [5.41, 5.74) is 9.30. The quantitative estimate of drug-likeness (QED) is 0.830. The van der Waals surface area contributed by atoms with Crippen LogP contribution in [0.3, 0.4) is 0 Å². The van der Waals surface area contributed by atoms with E-state index in [9.17, 15) is 0 Å². The molecule has 2 aromatic rings. The Bertz CT molecular complexity index is 457. The van der Waals surface area contributed by atoms with Gasteiger partial charge in [0, 0.05) is 11.1 Å². The van der Waals surface area contributed by atoms with Crippen molar-refractivity contribution in [3.05, 3.63) is 59.1 Å². The van der Waals surface area contributed by atoms with Crippen LogP contribution in [0.15, 0.2) is 48.5 Å². The van der Waals surface area contributed by atoms with Gasteiger partial charge in [-0.25, -0.2) is 0 Å². The van der Waals surface area contributed by atoms with Crippen molar-refractivity contribution in [1.29, 1.82) is 0 Å². The number of halogens is 1. The third kappa shape index (κ3) is 2.43. The van der Waals surface area contributed by atoms with Crippen molar-refractivity contribution < 1.29 is 0 Å². The molecule has 1 unspecified atom stereocenters. The molecule has 0 spiro atoms. The first kappa shape index (κ1) is 11.2. The Kier molecular flexibility index (Phi) is 3.28. The van der Waals surface area contributed by atoms with Crippen LogP contribution in [0.25, 0.3) is 11.1 Å². The minimum absolute atomic E-state index is 0.0827. The van der Waals surface area contributed by atoms with E-state index in [0.29, 0.717) is 0 Å². The maximum Gasteiger partial charge on any atom is 0.0406 e. The van der Waals surface area contributed by atoms with Gasteiger partial charge in [0.05, 0.1) is 0 Å². The zero-order chi connectivity index (χ0) is 11.5. The Hall–Kier alpha value is -1.31. The summed E-state index contributed by atoms with van der Waals surface area (Å²) >= 11 is 5.85. The van der Waals surface area contributed by atoms with Gasteiger partial charge in [-0.15, -0.1) is 0 Å². The van der Waals surface area contributed by atoms with Gasteiger partial charge in [-0.3, -0.25) is 0 Å². The average Bonchev–Trinajstić information content (AvgIpc) is 2.30. The number of nitrogens with two attached hydrogens (primary N) is 1. The van der Waals surface area contributed by atoms with Crippen LogP contribution in [0.4, 0.5) is 0 Å². The van der Waals surface area contributed by atoms with Crippen molar-refractivity contribution in [2.75, 3.05) is 0 Å². The van der Waals surface area contributed by atoms with Crippen LogP contribution < -0.4 is 5.73 Å². The minimum Gasteiger partial charge on any atom is -0.324 e. The molecule has 2 heteroatoms. The highest BCUT2D eigenvalue weighted by atomic mass is 35.5. The van der Waals surface area contributed by atoms with Gasteiger partial charge >= 0.3 is 0 Å². The largest absolute Gasteiger partial charge is 0.324 e. The molecule has 82 valence electrons. The van der Waals surface area contributed by atoms with Crippen molar-refractivity contribution in [3.8, 4) is 11.1 Å². The highest BCUT2D eigenvalue weighted by Gasteiger charge is 2.00. The topological polar surface area (TPSA) is 26.0 Å². The molecule has 0 aromatic heterocycles. The lowest BCUT2D eigenvalue weighted by molar-refractivity contribution is 0.818. The Labute approximate surface area is 101 Å². The molecule has 1 atom stereocenters. The van der Waals surface area contributed by atoms with E-state index >= 15 is 0 Å². The van der Waals surface area contributed by atoms with Crippen molar-refractivity contribution in [3.63, 3.8) is 0 Å². The number of hydrogen-bond acceptors (Lipinski definition) is 1. The molecular formula is C14H14ClN. The van der Waals surface area contributed by atoms with E-state index in [1.165, 1.54) is 11.1 Å². The Morgan fingerprint density at radius 1 is 0.875 bits per heavy atom. The van der Waals surface area contributed by atoms with E-state index in [2.05, 4.69) is 24.3 Å². The van der Waals surface area contributed by atoms with Gasteiger partial charge in [-0.2, -0.15) is 0 Å². The Morgan fingerprint density at radius 3 is 1.75 bits per heavy atom. The van der Waals surface area contributed by atoms with Crippen LogP contribution >= 0.6 is 11.6 Å². The molecule has 0 fully saturated rings. The summed E-state index contributed by atoms with van der Waals surface area (Å²) in [5, 5.41) is 0.760. The van der Waals surface area contributed by atoms with E-state index in [-0.39, 0.29) is 6.04 Å². The zero-order valence-corrected chi connectivity index (χ0v) is 9.91. The third-order valence-electron chi connectivity index (χ3n) is 2.61. The second-order valence-electron chi connectivity index (χ2n) is 3.92. The lowest BCUT2D eigenvalue weighted by atomic mass is 10.0. The third-order valence-corrected chi connectivity index (χ3v) is 2.87. The van der Waals surface area contributed by atoms with Gasteiger partial charge in [0.1, 0.15) is 0 Å². The highest BCUT2D eigenvalue weighted by Crippen LogP contribution is 2.22. The number of rotatable bonds is 2. The van der Waals surface area contributed by atoms with Crippen molar-refractivity contribution in [2.24, 2.45) is 5.73 Å².